The molecule has 0 radical (unpaired) electrons. The molecule has 13 heavy (non-hydrogen) atoms. The van der Waals surface area contributed by atoms with E-state index in [0.717, 1.165) is 0 Å². The predicted octanol–water partition coefficient (Wildman–Crippen LogP) is 1.30. The highest BCUT2D eigenvalue weighted by Gasteiger charge is 2.14. The van der Waals surface area contributed by atoms with E-state index in [2.05, 4.69) is 27.3 Å². The van der Waals surface area contributed by atoms with Gasteiger partial charge in [-0.25, -0.2) is 4.79 Å². The fourth-order valence-corrected chi connectivity index (χ4v) is 1.56. The molecule has 0 aromatic heterocycles. The number of rotatable bonds is 1. The van der Waals surface area contributed by atoms with Crippen molar-refractivity contribution in [2.24, 2.45) is 5.73 Å². The van der Waals surface area contributed by atoms with Crippen LogP contribution in [0.2, 0.25) is 0 Å². The largest absolute Gasteiger partial charge is 0.465 e. The third-order valence-electron chi connectivity index (χ3n) is 1.61. The van der Waals surface area contributed by atoms with E-state index in [0.29, 0.717) is 11.3 Å². The third-order valence-corrected chi connectivity index (χ3v) is 2.39. The van der Waals surface area contributed by atoms with Crippen molar-refractivity contribution >= 4 is 28.6 Å². The average Bonchev–Trinajstić information content (AvgIpc) is 2.27. The minimum Gasteiger partial charge on any atom is -0.465 e. The van der Waals surface area contributed by atoms with Crippen LogP contribution < -0.4 is 5.73 Å². The van der Waals surface area contributed by atoms with Crippen LogP contribution in [0, 0.1) is 0 Å². The van der Waals surface area contributed by atoms with Crippen molar-refractivity contribution in [2.45, 2.75) is 3.92 Å². The summed E-state index contributed by atoms with van der Waals surface area (Å²) in [6, 6.07) is 0. The fraction of sp³-hybridized carbons (Fsp3) is 0.222. The number of halogens is 1. The molecule has 1 atom stereocenters. The highest BCUT2D eigenvalue weighted by atomic mass is 127. The number of methoxy groups -OCH3 is 1. The standard InChI is InChI=1S/C9H10INO2/c1-13-9(12)7-5-6(10)3-2-4-8(7)11/h2-6H,11H2,1H3. The molecule has 0 bridgehead atoms. The van der Waals surface area contributed by atoms with E-state index >= 15 is 0 Å². The summed E-state index contributed by atoms with van der Waals surface area (Å²) in [5.41, 5.74) is 6.54. The number of carbonyl (C=O) groups is 1. The third kappa shape index (κ3) is 2.58. The average molecular weight is 291 g/mol. The Bertz CT molecular complexity index is 305. The summed E-state index contributed by atoms with van der Waals surface area (Å²) < 4.78 is 4.78. The fourth-order valence-electron chi connectivity index (χ4n) is 0.962. The number of alkyl halides is 1. The van der Waals surface area contributed by atoms with E-state index in [-0.39, 0.29) is 9.89 Å². The zero-order chi connectivity index (χ0) is 9.84. The van der Waals surface area contributed by atoms with Crippen molar-refractivity contribution in [2.75, 3.05) is 7.11 Å². The minimum atomic E-state index is -0.390. The predicted molar refractivity (Wildman–Crippen MR) is 59.3 cm³/mol. The Kier molecular flexibility index (Phi) is 3.53. The van der Waals surface area contributed by atoms with Crippen molar-refractivity contribution in [1.29, 1.82) is 0 Å². The highest BCUT2D eigenvalue weighted by Crippen LogP contribution is 2.16. The van der Waals surface area contributed by atoms with Gasteiger partial charge in [0.05, 0.1) is 12.7 Å². The lowest BCUT2D eigenvalue weighted by atomic mass is 10.2. The molecular weight excluding hydrogens is 281 g/mol. The second kappa shape index (κ2) is 4.45. The quantitative estimate of drug-likeness (QED) is 0.450. The summed E-state index contributed by atoms with van der Waals surface area (Å²) in [5.74, 6) is -0.390. The minimum absolute atomic E-state index is 0.170. The summed E-state index contributed by atoms with van der Waals surface area (Å²) >= 11 is 2.20. The van der Waals surface area contributed by atoms with Gasteiger partial charge < -0.3 is 10.5 Å². The van der Waals surface area contributed by atoms with Gasteiger partial charge in [-0.1, -0.05) is 40.8 Å². The van der Waals surface area contributed by atoms with Gasteiger partial charge in [-0.3, -0.25) is 0 Å². The molecule has 4 heteroatoms. The number of hydrogen-bond donors (Lipinski definition) is 1. The van der Waals surface area contributed by atoms with Crippen LogP contribution in [-0.2, 0) is 9.53 Å². The molecule has 2 N–H and O–H groups in total. The first-order chi connectivity index (χ1) is 6.15. The van der Waals surface area contributed by atoms with Gasteiger partial charge >= 0.3 is 5.97 Å². The molecule has 0 saturated carbocycles. The summed E-state index contributed by atoms with van der Waals surface area (Å²) in [7, 11) is 1.34. The first-order valence-corrected chi connectivity index (χ1v) is 4.98. The van der Waals surface area contributed by atoms with E-state index in [1.54, 1.807) is 12.2 Å². The Morgan fingerprint density at radius 1 is 1.69 bits per heavy atom. The number of esters is 1. The molecule has 0 fully saturated rings. The molecule has 0 aliphatic heterocycles. The van der Waals surface area contributed by atoms with Gasteiger partial charge in [-0.15, -0.1) is 0 Å². The van der Waals surface area contributed by atoms with Crippen molar-refractivity contribution in [3.05, 3.63) is 35.6 Å². The van der Waals surface area contributed by atoms with Gasteiger partial charge in [0.2, 0.25) is 0 Å². The molecule has 0 amide bonds. The maximum Gasteiger partial charge on any atom is 0.339 e. The molecule has 0 aromatic carbocycles. The molecule has 3 nitrogen and oxygen atoms in total. The molecule has 0 aromatic rings. The van der Waals surface area contributed by atoms with Crippen LogP contribution in [0.3, 0.4) is 0 Å². The lowest BCUT2D eigenvalue weighted by Gasteiger charge is -2.04. The van der Waals surface area contributed by atoms with Crippen LogP contribution in [-0.4, -0.2) is 17.0 Å². The monoisotopic (exact) mass is 291 g/mol. The van der Waals surface area contributed by atoms with Gasteiger partial charge in [0.25, 0.3) is 0 Å². The number of allylic oxidation sites excluding steroid dienone is 4. The zero-order valence-electron chi connectivity index (χ0n) is 7.16. The van der Waals surface area contributed by atoms with E-state index in [1.807, 2.05) is 12.2 Å². The Balaban J connectivity index is 2.99. The van der Waals surface area contributed by atoms with Crippen LogP contribution >= 0.6 is 22.6 Å². The van der Waals surface area contributed by atoms with E-state index in [1.165, 1.54) is 7.11 Å². The van der Waals surface area contributed by atoms with Gasteiger partial charge in [0.1, 0.15) is 0 Å². The molecule has 1 rings (SSSR count). The lowest BCUT2D eigenvalue weighted by Crippen LogP contribution is -2.13. The number of carbonyl (C=O) groups excluding carboxylic acids is 1. The summed E-state index contributed by atoms with van der Waals surface area (Å²) in [4.78, 5) is 11.2. The van der Waals surface area contributed by atoms with Crippen LogP contribution in [0.5, 0.6) is 0 Å². The van der Waals surface area contributed by atoms with Crippen LogP contribution in [0.15, 0.2) is 35.6 Å². The van der Waals surface area contributed by atoms with Gasteiger partial charge in [0, 0.05) is 9.62 Å². The second-order valence-electron chi connectivity index (χ2n) is 2.52. The highest BCUT2D eigenvalue weighted by molar-refractivity contribution is 14.1. The Morgan fingerprint density at radius 2 is 2.38 bits per heavy atom. The number of hydrogen-bond acceptors (Lipinski definition) is 3. The number of ether oxygens (including phenoxy) is 1. The number of nitrogens with two attached hydrogens (primary N) is 1. The summed E-state index contributed by atoms with van der Waals surface area (Å²) in [6.45, 7) is 0. The van der Waals surface area contributed by atoms with Crippen molar-refractivity contribution < 1.29 is 9.53 Å². The van der Waals surface area contributed by atoms with E-state index in [9.17, 15) is 4.79 Å². The first-order valence-electron chi connectivity index (χ1n) is 3.73. The molecule has 0 saturated heterocycles. The lowest BCUT2D eigenvalue weighted by molar-refractivity contribution is -0.135. The molecule has 1 aliphatic rings. The molecule has 70 valence electrons. The Hall–Kier alpha value is -0.780. The van der Waals surface area contributed by atoms with Gasteiger partial charge in [-0.05, 0) is 6.08 Å². The van der Waals surface area contributed by atoms with Crippen molar-refractivity contribution in [1.82, 2.24) is 0 Å². The van der Waals surface area contributed by atoms with Crippen molar-refractivity contribution in [3.8, 4) is 0 Å². The van der Waals surface area contributed by atoms with Crippen LogP contribution in [0.4, 0.5) is 0 Å². The Morgan fingerprint density at radius 3 is 3.00 bits per heavy atom. The molecule has 1 aliphatic carbocycles. The molecular formula is C9H10INO2. The van der Waals surface area contributed by atoms with E-state index < -0.39 is 0 Å². The summed E-state index contributed by atoms with van der Waals surface area (Å²) in [5, 5.41) is 0. The maximum absolute atomic E-state index is 11.2. The topological polar surface area (TPSA) is 52.3 Å². The van der Waals surface area contributed by atoms with E-state index in [4.69, 9.17) is 5.73 Å². The Labute approximate surface area is 90.5 Å². The second-order valence-corrected chi connectivity index (χ2v) is 3.96. The van der Waals surface area contributed by atoms with Gasteiger partial charge in [-0.2, -0.15) is 0 Å². The van der Waals surface area contributed by atoms with Crippen LogP contribution in [0.25, 0.3) is 0 Å². The molecule has 1 unspecified atom stereocenters. The zero-order valence-corrected chi connectivity index (χ0v) is 9.32. The van der Waals surface area contributed by atoms with Gasteiger partial charge in [0.15, 0.2) is 0 Å². The maximum atomic E-state index is 11.2. The van der Waals surface area contributed by atoms with Crippen molar-refractivity contribution in [3.63, 3.8) is 0 Å². The normalized spacial score (nSPS) is 21.5. The smallest absolute Gasteiger partial charge is 0.339 e. The molecule has 0 spiro atoms. The summed E-state index contributed by atoms with van der Waals surface area (Å²) in [6.07, 6.45) is 7.26. The SMILES string of the molecule is COC(=O)C1=CC(I)C=CC=C1N. The first kappa shape index (κ1) is 10.3. The van der Waals surface area contributed by atoms with Crippen LogP contribution in [0.1, 0.15) is 0 Å². The molecule has 0 heterocycles.